The molecule has 2 rings (SSSR count). The van der Waals surface area contributed by atoms with E-state index in [9.17, 15) is 0 Å². The Bertz CT molecular complexity index is 638. The van der Waals surface area contributed by atoms with Gasteiger partial charge in [0, 0.05) is 18.7 Å². The fourth-order valence-electron chi connectivity index (χ4n) is 1.93. The minimum absolute atomic E-state index is 0.514. The van der Waals surface area contributed by atoms with Gasteiger partial charge in [0.1, 0.15) is 6.33 Å². The van der Waals surface area contributed by atoms with E-state index in [1.54, 1.807) is 11.0 Å². The predicted octanol–water partition coefficient (Wildman–Crippen LogP) is 2.60. The van der Waals surface area contributed by atoms with Gasteiger partial charge >= 0.3 is 0 Å². The summed E-state index contributed by atoms with van der Waals surface area (Å²) in [5, 5.41) is 13.0. The van der Waals surface area contributed by atoms with Gasteiger partial charge in [-0.3, -0.25) is 9.47 Å². The van der Waals surface area contributed by atoms with E-state index in [0.29, 0.717) is 17.9 Å². The SMILES string of the molecule is CCN(CCC#N)Cn1ncn(-c2ccccc2)c1=S. The van der Waals surface area contributed by atoms with Crippen molar-refractivity contribution in [2.45, 2.75) is 20.0 Å². The van der Waals surface area contributed by atoms with Crippen LogP contribution in [0.15, 0.2) is 36.7 Å². The molecule has 1 aromatic heterocycles. The lowest BCUT2D eigenvalue weighted by Crippen LogP contribution is -2.28. The molecule has 0 fully saturated rings. The fourth-order valence-corrected chi connectivity index (χ4v) is 2.18. The van der Waals surface area contributed by atoms with Crippen LogP contribution in [-0.4, -0.2) is 32.3 Å². The van der Waals surface area contributed by atoms with Crippen LogP contribution in [0.5, 0.6) is 0 Å². The summed E-state index contributed by atoms with van der Waals surface area (Å²) in [6.07, 6.45) is 2.25. The topological polar surface area (TPSA) is 49.8 Å². The highest BCUT2D eigenvalue weighted by Crippen LogP contribution is 2.08. The predicted molar refractivity (Wildman–Crippen MR) is 79.9 cm³/mol. The Morgan fingerprint density at radius 1 is 1.35 bits per heavy atom. The van der Waals surface area contributed by atoms with Crippen molar-refractivity contribution < 1.29 is 0 Å². The van der Waals surface area contributed by atoms with Gasteiger partial charge in [-0.25, -0.2) is 4.68 Å². The van der Waals surface area contributed by atoms with Crippen LogP contribution in [0, 0.1) is 16.1 Å². The molecule has 0 saturated heterocycles. The van der Waals surface area contributed by atoms with Gasteiger partial charge in [0.05, 0.1) is 12.7 Å². The first-order valence-electron chi connectivity index (χ1n) is 6.55. The monoisotopic (exact) mass is 287 g/mol. The standard InChI is InChI=1S/C14H17N5S/c1-2-17(10-6-9-15)12-19-14(20)18(11-16-19)13-7-4-3-5-8-13/h3-5,7-8,11H,2,6,10,12H2,1H3. The molecule has 1 heterocycles. The van der Waals surface area contributed by atoms with Crippen molar-refractivity contribution in [3.05, 3.63) is 41.4 Å². The van der Waals surface area contributed by atoms with Crippen molar-refractivity contribution in [1.82, 2.24) is 19.2 Å². The average Bonchev–Trinajstić information content (AvgIpc) is 2.85. The van der Waals surface area contributed by atoms with E-state index in [1.807, 2.05) is 34.9 Å². The smallest absolute Gasteiger partial charge is 0.203 e. The number of nitriles is 1. The summed E-state index contributed by atoms with van der Waals surface area (Å²) in [5.41, 5.74) is 1.00. The summed E-state index contributed by atoms with van der Waals surface area (Å²) in [5.74, 6) is 0. The lowest BCUT2D eigenvalue weighted by Gasteiger charge is -2.18. The Kier molecular flexibility index (Phi) is 5.04. The Balaban J connectivity index is 2.17. The van der Waals surface area contributed by atoms with Gasteiger partial charge in [-0.2, -0.15) is 10.4 Å². The maximum Gasteiger partial charge on any atom is 0.203 e. The molecule has 0 radical (unpaired) electrons. The van der Waals surface area contributed by atoms with Crippen LogP contribution < -0.4 is 0 Å². The summed E-state index contributed by atoms with van der Waals surface area (Å²) in [6.45, 7) is 4.26. The molecule has 0 aliphatic heterocycles. The number of benzene rings is 1. The quantitative estimate of drug-likeness (QED) is 0.766. The zero-order valence-electron chi connectivity index (χ0n) is 11.4. The Morgan fingerprint density at radius 2 is 2.10 bits per heavy atom. The maximum absolute atomic E-state index is 8.66. The molecular weight excluding hydrogens is 270 g/mol. The minimum atomic E-state index is 0.514. The van der Waals surface area contributed by atoms with E-state index >= 15 is 0 Å². The normalized spacial score (nSPS) is 10.7. The molecule has 0 atom stereocenters. The van der Waals surface area contributed by atoms with Gasteiger partial charge in [0.25, 0.3) is 0 Å². The minimum Gasteiger partial charge on any atom is -0.284 e. The first-order valence-corrected chi connectivity index (χ1v) is 6.96. The van der Waals surface area contributed by atoms with Crippen molar-refractivity contribution in [3.63, 3.8) is 0 Å². The molecule has 0 bridgehead atoms. The first kappa shape index (κ1) is 14.4. The maximum atomic E-state index is 8.66. The first-order chi connectivity index (χ1) is 9.76. The summed E-state index contributed by atoms with van der Waals surface area (Å²) in [7, 11) is 0. The molecule has 1 aromatic carbocycles. The largest absolute Gasteiger partial charge is 0.284 e. The Labute approximate surface area is 123 Å². The van der Waals surface area contributed by atoms with Crippen molar-refractivity contribution in [1.29, 1.82) is 5.26 Å². The number of para-hydroxylation sites is 1. The Hall–Kier alpha value is -1.97. The van der Waals surface area contributed by atoms with Crippen LogP contribution in [0.4, 0.5) is 0 Å². The molecule has 6 heteroatoms. The highest BCUT2D eigenvalue weighted by atomic mass is 32.1. The van der Waals surface area contributed by atoms with E-state index in [0.717, 1.165) is 18.8 Å². The van der Waals surface area contributed by atoms with Gasteiger partial charge in [0.15, 0.2) is 0 Å². The van der Waals surface area contributed by atoms with E-state index in [2.05, 4.69) is 23.0 Å². The average molecular weight is 287 g/mol. The van der Waals surface area contributed by atoms with Crippen LogP contribution in [0.2, 0.25) is 0 Å². The van der Waals surface area contributed by atoms with E-state index in [1.165, 1.54) is 0 Å². The second-order valence-electron chi connectivity index (χ2n) is 4.38. The zero-order chi connectivity index (χ0) is 14.4. The lowest BCUT2D eigenvalue weighted by molar-refractivity contribution is 0.220. The highest BCUT2D eigenvalue weighted by Gasteiger charge is 2.07. The number of nitrogens with zero attached hydrogens (tertiary/aromatic N) is 5. The molecule has 2 aromatic rings. The molecule has 0 spiro atoms. The number of rotatable bonds is 6. The van der Waals surface area contributed by atoms with Crippen LogP contribution in [0.3, 0.4) is 0 Å². The van der Waals surface area contributed by atoms with Crippen LogP contribution in [-0.2, 0) is 6.67 Å². The molecule has 0 aliphatic rings. The molecular formula is C14H17N5S. The van der Waals surface area contributed by atoms with Crippen molar-refractivity contribution in [2.24, 2.45) is 0 Å². The van der Waals surface area contributed by atoms with Crippen molar-refractivity contribution >= 4 is 12.2 Å². The molecule has 0 aliphatic carbocycles. The molecule has 0 N–H and O–H groups in total. The second kappa shape index (κ2) is 6.98. The third-order valence-electron chi connectivity index (χ3n) is 3.09. The van der Waals surface area contributed by atoms with E-state index < -0.39 is 0 Å². The van der Waals surface area contributed by atoms with Gasteiger partial charge in [-0.15, -0.1) is 0 Å². The zero-order valence-corrected chi connectivity index (χ0v) is 12.3. The fraction of sp³-hybridized carbons (Fsp3) is 0.357. The van der Waals surface area contributed by atoms with Crippen molar-refractivity contribution in [2.75, 3.05) is 13.1 Å². The van der Waals surface area contributed by atoms with Gasteiger partial charge in [-0.05, 0) is 30.9 Å². The van der Waals surface area contributed by atoms with Gasteiger partial charge in [0.2, 0.25) is 4.77 Å². The number of aromatic nitrogens is 3. The highest BCUT2D eigenvalue weighted by molar-refractivity contribution is 7.71. The molecule has 104 valence electrons. The molecule has 0 amide bonds. The van der Waals surface area contributed by atoms with Crippen LogP contribution >= 0.6 is 12.2 Å². The van der Waals surface area contributed by atoms with E-state index in [-0.39, 0.29) is 0 Å². The Morgan fingerprint density at radius 3 is 2.75 bits per heavy atom. The molecule has 0 saturated carbocycles. The number of hydrogen-bond donors (Lipinski definition) is 0. The van der Waals surface area contributed by atoms with Crippen LogP contribution in [0.25, 0.3) is 5.69 Å². The third-order valence-corrected chi connectivity index (χ3v) is 3.50. The number of hydrogen-bond acceptors (Lipinski definition) is 4. The second-order valence-corrected chi connectivity index (χ2v) is 4.74. The van der Waals surface area contributed by atoms with E-state index in [4.69, 9.17) is 17.5 Å². The molecule has 20 heavy (non-hydrogen) atoms. The molecule has 5 nitrogen and oxygen atoms in total. The van der Waals surface area contributed by atoms with Crippen LogP contribution in [0.1, 0.15) is 13.3 Å². The summed E-state index contributed by atoms with van der Waals surface area (Å²) in [4.78, 5) is 2.14. The summed E-state index contributed by atoms with van der Waals surface area (Å²) in [6, 6.07) is 12.1. The van der Waals surface area contributed by atoms with Gasteiger partial charge in [-0.1, -0.05) is 25.1 Å². The van der Waals surface area contributed by atoms with Gasteiger partial charge < -0.3 is 0 Å². The third kappa shape index (κ3) is 3.32. The van der Waals surface area contributed by atoms with Crippen molar-refractivity contribution in [3.8, 4) is 11.8 Å². The molecule has 0 unspecified atom stereocenters. The lowest BCUT2D eigenvalue weighted by atomic mass is 10.3. The summed E-state index contributed by atoms with van der Waals surface area (Å²) >= 11 is 5.46. The summed E-state index contributed by atoms with van der Waals surface area (Å²) < 4.78 is 4.32.